The molecule has 1 aromatic carbocycles. The zero-order valence-corrected chi connectivity index (χ0v) is 10.2. The van der Waals surface area contributed by atoms with Crippen molar-refractivity contribution in [2.45, 2.75) is 6.61 Å². The van der Waals surface area contributed by atoms with E-state index < -0.39 is 0 Å². The highest BCUT2D eigenvalue weighted by molar-refractivity contribution is 14.1. The van der Waals surface area contributed by atoms with E-state index in [0.29, 0.717) is 6.61 Å². The van der Waals surface area contributed by atoms with Crippen molar-refractivity contribution in [1.29, 1.82) is 0 Å². The molecule has 0 atom stereocenters. The summed E-state index contributed by atoms with van der Waals surface area (Å²) in [7, 11) is 0. The lowest BCUT2D eigenvalue weighted by molar-refractivity contribution is 0.305. The summed E-state index contributed by atoms with van der Waals surface area (Å²) in [6.07, 6.45) is 2.76. The summed E-state index contributed by atoms with van der Waals surface area (Å²) >= 11 is 3.82. The van der Waals surface area contributed by atoms with Gasteiger partial charge in [-0.2, -0.15) is 0 Å². The van der Waals surface area contributed by atoms with E-state index in [1.807, 2.05) is 29.6 Å². The molecule has 2 rings (SSSR count). The summed E-state index contributed by atoms with van der Waals surface area (Å²) in [5.74, 6) is 0.876. The lowest BCUT2D eigenvalue weighted by atomic mass is 10.3. The molecule has 1 heterocycles. The number of thiazole rings is 1. The van der Waals surface area contributed by atoms with Crippen LogP contribution in [0.25, 0.3) is 0 Å². The van der Waals surface area contributed by atoms with Gasteiger partial charge in [-0.25, -0.2) is 4.98 Å². The summed E-state index contributed by atoms with van der Waals surface area (Å²) in [6, 6.07) is 7.95. The predicted octanol–water partition coefficient (Wildman–Crippen LogP) is 3.13. The first-order valence-electron chi connectivity index (χ1n) is 4.03. The molecule has 0 unspecified atom stereocenters. The molecule has 14 heavy (non-hydrogen) atoms. The van der Waals surface area contributed by atoms with E-state index in [9.17, 15) is 0 Å². The molecule has 71 valence electrons. The minimum Gasteiger partial charge on any atom is -0.486 e. The SMILES string of the molecule is Ic1ccc(OCc2n[c]cs2)cc1. The van der Waals surface area contributed by atoms with E-state index in [4.69, 9.17) is 4.74 Å². The predicted molar refractivity (Wildman–Crippen MR) is 64.4 cm³/mol. The number of ether oxygens (including phenoxy) is 1. The molecule has 1 radical (unpaired) electrons. The van der Waals surface area contributed by atoms with Crippen molar-refractivity contribution in [2.24, 2.45) is 0 Å². The summed E-state index contributed by atoms with van der Waals surface area (Å²) in [5, 5.41) is 2.77. The number of rotatable bonds is 3. The Hall–Kier alpha value is -0.620. The fourth-order valence-corrected chi connectivity index (χ4v) is 1.79. The zero-order chi connectivity index (χ0) is 9.80. The van der Waals surface area contributed by atoms with Crippen LogP contribution in [0.2, 0.25) is 0 Å². The number of hydrogen-bond donors (Lipinski definition) is 0. The van der Waals surface area contributed by atoms with Gasteiger partial charge in [0.25, 0.3) is 0 Å². The van der Waals surface area contributed by atoms with Crippen molar-refractivity contribution in [3.63, 3.8) is 0 Å². The van der Waals surface area contributed by atoms with E-state index in [1.54, 1.807) is 11.3 Å². The first kappa shape index (κ1) is 9.92. The van der Waals surface area contributed by atoms with Crippen molar-refractivity contribution in [2.75, 3.05) is 0 Å². The topological polar surface area (TPSA) is 22.1 Å². The lowest BCUT2D eigenvalue weighted by Crippen LogP contribution is -1.94. The molecule has 0 aliphatic rings. The molecule has 0 saturated carbocycles. The number of nitrogens with zero attached hydrogens (tertiary/aromatic N) is 1. The first-order chi connectivity index (χ1) is 6.84. The smallest absolute Gasteiger partial charge is 0.140 e. The average molecular weight is 316 g/mol. The van der Waals surface area contributed by atoms with Crippen LogP contribution in [0.5, 0.6) is 5.75 Å². The van der Waals surface area contributed by atoms with Gasteiger partial charge in [0.15, 0.2) is 0 Å². The standard InChI is InChI=1S/C10H7INOS/c11-8-1-3-9(4-2-8)13-7-10-12-5-6-14-10/h1-4,6H,7H2. The highest BCUT2D eigenvalue weighted by atomic mass is 127. The Morgan fingerprint density at radius 1 is 1.36 bits per heavy atom. The summed E-state index contributed by atoms with van der Waals surface area (Å²) in [4.78, 5) is 4.02. The van der Waals surface area contributed by atoms with E-state index in [0.717, 1.165) is 10.8 Å². The molecule has 4 heteroatoms. The van der Waals surface area contributed by atoms with Gasteiger partial charge in [-0.3, -0.25) is 0 Å². The minimum absolute atomic E-state index is 0.523. The molecular weight excluding hydrogens is 309 g/mol. The van der Waals surface area contributed by atoms with E-state index in [2.05, 4.69) is 33.8 Å². The number of halogens is 1. The van der Waals surface area contributed by atoms with Crippen molar-refractivity contribution >= 4 is 33.9 Å². The Balaban J connectivity index is 1.95. The molecule has 2 nitrogen and oxygen atoms in total. The molecule has 0 saturated heterocycles. The van der Waals surface area contributed by atoms with Gasteiger partial charge in [0.1, 0.15) is 23.6 Å². The fraction of sp³-hybridized carbons (Fsp3) is 0.100. The van der Waals surface area contributed by atoms with Crippen LogP contribution in [0.3, 0.4) is 0 Å². The molecule has 2 aromatic rings. The quantitative estimate of drug-likeness (QED) is 0.812. The molecule has 0 aliphatic carbocycles. The van der Waals surface area contributed by atoms with Crippen LogP contribution in [0.4, 0.5) is 0 Å². The maximum Gasteiger partial charge on any atom is 0.140 e. The van der Waals surface area contributed by atoms with Crippen molar-refractivity contribution in [3.05, 3.63) is 44.4 Å². The van der Waals surface area contributed by atoms with Crippen LogP contribution in [0.15, 0.2) is 29.6 Å². The van der Waals surface area contributed by atoms with Gasteiger partial charge < -0.3 is 4.74 Å². The van der Waals surface area contributed by atoms with E-state index in [-0.39, 0.29) is 0 Å². The minimum atomic E-state index is 0.523. The molecule has 0 bridgehead atoms. The van der Waals surface area contributed by atoms with E-state index in [1.165, 1.54) is 3.57 Å². The fourth-order valence-electron chi connectivity index (χ4n) is 0.961. The zero-order valence-electron chi connectivity index (χ0n) is 7.24. The molecule has 0 spiro atoms. The second kappa shape index (κ2) is 4.75. The molecule has 0 amide bonds. The Labute approximate surface area is 100 Å². The van der Waals surface area contributed by atoms with Crippen molar-refractivity contribution in [1.82, 2.24) is 4.98 Å². The van der Waals surface area contributed by atoms with Gasteiger partial charge >= 0.3 is 0 Å². The van der Waals surface area contributed by atoms with Crippen LogP contribution in [0.1, 0.15) is 5.01 Å². The Bertz CT molecular complexity index is 385. The average Bonchev–Trinajstić information content (AvgIpc) is 2.70. The second-order valence-corrected chi connectivity index (χ2v) is 4.80. The van der Waals surface area contributed by atoms with Gasteiger partial charge in [-0.1, -0.05) is 0 Å². The van der Waals surface area contributed by atoms with Gasteiger partial charge in [0, 0.05) is 8.95 Å². The van der Waals surface area contributed by atoms with Crippen LogP contribution in [0, 0.1) is 9.77 Å². The highest BCUT2D eigenvalue weighted by Gasteiger charge is 1.97. The molecular formula is C10H7INOS. The maximum absolute atomic E-state index is 5.53. The van der Waals surface area contributed by atoms with Crippen LogP contribution in [-0.2, 0) is 6.61 Å². The Kier molecular flexibility index (Phi) is 3.36. The third kappa shape index (κ3) is 2.68. The molecule has 0 N–H and O–H groups in total. The molecule has 1 aromatic heterocycles. The van der Waals surface area contributed by atoms with E-state index >= 15 is 0 Å². The molecule has 0 aliphatic heterocycles. The second-order valence-electron chi connectivity index (χ2n) is 2.61. The maximum atomic E-state index is 5.53. The number of aromatic nitrogens is 1. The summed E-state index contributed by atoms with van der Waals surface area (Å²) < 4.78 is 6.74. The number of benzene rings is 1. The van der Waals surface area contributed by atoms with Gasteiger partial charge in [-0.05, 0) is 46.9 Å². The summed E-state index contributed by atoms with van der Waals surface area (Å²) in [5.41, 5.74) is 0. The van der Waals surface area contributed by atoms with Crippen LogP contribution >= 0.6 is 33.9 Å². The van der Waals surface area contributed by atoms with Gasteiger partial charge in [0.05, 0.1) is 0 Å². The highest BCUT2D eigenvalue weighted by Crippen LogP contribution is 2.15. The van der Waals surface area contributed by atoms with Gasteiger partial charge in [-0.15, -0.1) is 11.3 Å². The van der Waals surface area contributed by atoms with Crippen LogP contribution < -0.4 is 4.74 Å². The molecule has 0 fully saturated rings. The monoisotopic (exact) mass is 316 g/mol. The van der Waals surface area contributed by atoms with Crippen molar-refractivity contribution in [3.8, 4) is 5.75 Å². The van der Waals surface area contributed by atoms with Crippen molar-refractivity contribution < 1.29 is 4.74 Å². The third-order valence-electron chi connectivity index (χ3n) is 1.61. The summed E-state index contributed by atoms with van der Waals surface area (Å²) in [6.45, 7) is 0.523. The Morgan fingerprint density at radius 3 is 2.79 bits per heavy atom. The third-order valence-corrected chi connectivity index (χ3v) is 3.04. The Morgan fingerprint density at radius 2 is 2.14 bits per heavy atom. The normalized spacial score (nSPS) is 10.1. The van der Waals surface area contributed by atoms with Crippen LogP contribution in [-0.4, -0.2) is 4.98 Å². The number of hydrogen-bond acceptors (Lipinski definition) is 3. The largest absolute Gasteiger partial charge is 0.486 e. The first-order valence-corrected chi connectivity index (χ1v) is 5.99. The van der Waals surface area contributed by atoms with Gasteiger partial charge in [0.2, 0.25) is 0 Å². The lowest BCUT2D eigenvalue weighted by Gasteiger charge is -2.03.